The van der Waals surface area contributed by atoms with Crippen molar-refractivity contribution in [3.8, 4) is 0 Å². The van der Waals surface area contributed by atoms with Gasteiger partial charge in [0, 0.05) is 12.1 Å². The number of halogens is 5. The number of pyridine rings is 1. The van der Waals surface area contributed by atoms with Gasteiger partial charge in [-0.1, -0.05) is 11.6 Å². The Bertz CT molecular complexity index is 1050. The molecule has 0 atom stereocenters. The Morgan fingerprint density at radius 1 is 1.24 bits per heavy atom. The number of fused-ring (bicyclic) bond motifs is 1. The lowest BCUT2D eigenvalue weighted by Crippen LogP contribution is -2.28. The van der Waals surface area contributed by atoms with E-state index in [-0.39, 0.29) is 29.8 Å². The number of hydrogen-bond donors (Lipinski definition) is 1. The first kappa shape index (κ1) is 21.0. The van der Waals surface area contributed by atoms with Gasteiger partial charge in [0.15, 0.2) is 5.65 Å². The van der Waals surface area contributed by atoms with Crippen LogP contribution in [0.3, 0.4) is 0 Å². The van der Waals surface area contributed by atoms with Crippen molar-refractivity contribution < 1.29 is 22.4 Å². The standard InChI is InChI=1S/C17H17ClF4N6O/c1-3-27-12(10(18)5-24-27)6-23-13(29)7-28-17-14(8(2)26-28)9(15(19)20)4-11(25-17)16(21)22/h4-5,15-16H,3,6-7H2,1-2H3,(H,23,29). The molecule has 0 spiro atoms. The first-order valence-corrected chi connectivity index (χ1v) is 9.01. The van der Waals surface area contributed by atoms with E-state index < -0.39 is 30.0 Å². The minimum atomic E-state index is -3.04. The third-order valence-electron chi connectivity index (χ3n) is 4.33. The number of alkyl halides is 4. The van der Waals surface area contributed by atoms with Crippen LogP contribution < -0.4 is 5.32 Å². The predicted molar refractivity (Wildman–Crippen MR) is 96.9 cm³/mol. The zero-order chi connectivity index (χ0) is 21.3. The fourth-order valence-electron chi connectivity index (χ4n) is 3.01. The summed E-state index contributed by atoms with van der Waals surface area (Å²) in [5.41, 5.74) is -0.811. The number of carbonyl (C=O) groups excluding carboxylic acids is 1. The van der Waals surface area contributed by atoms with E-state index in [1.807, 2.05) is 6.92 Å². The second-order valence-corrected chi connectivity index (χ2v) is 6.62. The van der Waals surface area contributed by atoms with Gasteiger partial charge in [-0.25, -0.2) is 27.2 Å². The number of rotatable bonds is 7. The summed E-state index contributed by atoms with van der Waals surface area (Å²) in [6.45, 7) is 3.57. The second kappa shape index (κ2) is 8.36. The molecule has 3 rings (SSSR count). The lowest BCUT2D eigenvalue weighted by atomic mass is 10.1. The molecule has 7 nitrogen and oxygen atoms in total. The van der Waals surface area contributed by atoms with E-state index in [4.69, 9.17) is 11.6 Å². The van der Waals surface area contributed by atoms with Crippen molar-refractivity contribution in [3.05, 3.63) is 39.9 Å². The largest absolute Gasteiger partial charge is 0.349 e. The summed E-state index contributed by atoms with van der Waals surface area (Å²) in [7, 11) is 0. The van der Waals surface area contributed by atoms with Gasteiger partial charge in [0.25, 0.3) is 12.9 Å². The Labute approximate surface area is 167 Å². The lowest BCUT2D eigenvalue weighted by Gasteiger charge is -2.09. The maximum atomic E-state index is 13.4. The fraction of sp³-hybridized carbons (Fsp3) is 0.412. The summed E-state index contributed by atoms with van der Waals surface area (Å²) in [5, 5.41) is 11.1. The van der Waals surface area contributed by atoms with Gasteiger partial charge in [-0.05, 0) is 19.9 Å². The molecule has 0 aliphatic heterocycles. The van der Waals surface area contributed by atoms with Crippen molar-refractivity contribution in [1.29, 1.82) is 0 Å². The quantitative estimate of drug-likeness (QED) is 0.576. The highest BCUT2D eigenvalue weighted by molar-refractivity contribution is 6.31. The zero-order valence-corrected chi connectivity index (χ0v) is 16.2. The molecular formula is C17H17ClF4N6O. The number of aryl methyl sites for hydroxylation is 2. The summed E-state index contributed by atoms with van der Waals surface area (Å²) in [5.74, 6) is -0.517. The van der Waals surface area contributed by atoms with Crippen molar-refractivity contribution in [3.63, 3.8) is 0 Å². The second-order valence-electron chi connectivity index (χ2n) is 6.21. The Morgan fingerprint density at radius 3 is 2.59 bits per heavy atom. The molecule has 0 saturated carbocycles. The van der Waals surface area contributed by atoms with Crippen LogP contribution in [0.5, 0.6) is 0 Å². The third kappa shape index (κ3) is 4.19. The van der Waals surface area contributed by atoms with Crippen LogP contribution in [0.4, 0.5) is 17.6 Å². The topological polar surface area (TPSA) is 77.6 Å². The minimum absolute atomic E-state index is 0.0377. The number of aromatic nitrogens is 5. The van der Waals surface area contributed by atoms with Crippen LogP contribution in [0.25, 0.3) is 11.0 Å². The molecule has 3 aromatic heterocycles. The Balaban J connectivity index is 1.88. The summed E-state index contributed by atoms with van der Waals surface area (Å²) < 4.78 is 55.6. The van der Waals surface area contributed by atoms with Gasteiger partial charge in [0.1, 0.15) is 12.2 Å². The van der Waals surface area contributed by atoms with Gasteiger partial charge in [-0.2, -0.15) is 10.2 Å². The normalized spacial score (nSPS) is 11.8. The van der Waals surface area contributed by atoms with Crippen LogP contribution in [-0.2, 0) is 24.4 Å². The lowest BCUT2D eigenvalue weighted by molar-refractivity contribution is -0.122. The van der Waals surface area contributed by atoms with Gasteiger partial charge >= 0.3 is 0 Å². The predicted octanol–water partition coefficient (Wildman–Crippen LogP) is 3.80. The molecule has 1 N–H and O–H groups in total. The van der Waals surface area contributed by atoms with Gasteiger partial charge in [0.05, 0.1) is 34.5 Å². The SMILES string of the molecule is CCn1ncc(Cl)c1CNC(=O)Cn1nc(C)c2c(C(F)F)cc(C(F)F)nc21. The number of nitrogens with zero attached hydrogens (tertiary/aromatic N) is 5. The van der Waals surface area contributed by atoms with Crippen LogP contribution in [-0.4, -0.2) is 30.5 Å². The van der Waals surface area contributed by atoms with E-state index in [9.17, 15) is 22.4 Å². The average molecular weight is 433 g/mol. The van der Waals surface area contributed by atoms with Crippen LogP contribution in [0.1, 0.15) is 42.4 Å². The maximum Gasteiger partial charge on any atom is 0.280 e. The van der Waals surface area contributed by atoms with Gasteiger partial charge in [0.2, 0.25) is 5.91 Å². The van der Waals surface area contributed by atoms with Crippen LogP contribution in [0, 0.1) is 6.92 Å². The van der Waals surface area contributed by atoms with Crippen LogP contribution >= 0.6 is 11.6 Å². The highest BCUT2D eigenvalue weighted by Crippen LogP contribution is 2.32. The summed E-state index contributed by atoms with van der Waals surface area (Å²) in [4.78, 5) is 16.1. The summed E-state index contributed by atoms with van der Waals surface area (Å²) in [6, 6.07) is 0.671. The number of amides is 1. The van der Waals surface area contributed by atoms with E-state index in [0.717, 1.165) is 4.68 Å². The van der Waals surface area contributed by atoms with Crippen LogP contribution in [0.15, 0.2) is 12.3 Å². The molecule has 29 heavy (non-hydrogen) atoms. The smallest absolute Gasteiger partial charge is 0.280 e. The van der Waals surface area contributed by atoms with Crippen molar-refractivity contribution in [2.45, 2.75) is 46.3 Å². The first-order valence-electron chi connectivity index (χ1n) is 8.64. The van der Waals surface area contributed by atoms with Gasteiger partial charge in [-0.15, -0.1) is 0 Å². The molecule has 12 heteroatoms. The zero-order valence-electron chi connectivity index (χ0n) is 15.5. The molecule has 1 amide bonds. The number of carbonyl (C=O) groups is 1. The number of nitrogens with one attached hydrogen (secondary N) is 1. The van der Waals surface area contributed by atoms with Gasteiger partial charge in [-0.3, -0.25) is 9.48 Å². The van der Waals surface area contributed by atoms with Crippen molar-refractivity contribution in [2.24, 2.45) is 0 Å². The molecule has 0 saturated heterocycles. The van der Waals surface area contributed by atoms with Gasteiger partial charge < -0.3 is 5.32 Å². The van der Waals surface area contributed by atoms with E-state index in [0.29, 0.717) is 23.3 Å². The molecule has 3 heterocycles. The first-order chi connectivity index (χ1) is 13.7. The maximum absolute atomic E-state index is 13.4. The summed E-state index contributed by atoms with van der Waals surface area (Å²) >= 11 is 6.04. The Kier molecular flexibility index (Phi) is 6.06. The molecule has 0 fully saturated rings. The monoisotopic (exact) mass is 432 g/mol. The molecular weight excluding hydrogens is 416 g/mol. The van der Waals surface area contributed by atoms with Crippen molar-refractivity contribution >= 4 is 28.5 Å². The van der Waals surface area contributed by atoms with Crippen molar-refractivity contribution in [1.82, 2.24) is 29.9 Å². The molecule has 0 aliphatic carbocycles. The molecule has 0 radical (unpaired) electrons. The Hall–Kier alpha value is -2.69. The van der Waals surface area contributed by atoms with E-state index >= 15 is 0 Å². The molecule has 0 bridgehead atoms. The van der Waals surface area contributed by atoms with E-state index in [1.165, 1.54) is 13.1 Å². The highest BCUT2D eigenvalue weighted by Gasteiger charge is 2.24. The fourth-order valence-corrected chi connectivity index (χ4v) is 3.22. The van der Waals surface area contributed by atoms with E-state index in [1.54, 1.807) is 4.68 Å². The Morgan fingerprint density at radius 2 is 1.97 bits per heavy atom. The number of hydrogen-bond acceptors (Lipinski definition) is 4. The molecule has 3 aromatic rings. The third-order valence-corrected chi connectivity index (χ3v) is 4.65. The summed E-state index contributed by atoms with van der Waals surface area (Å²) in [6.07, 6.45) is -4.57. The molecule has 0 aromatic carbocycles. The molecule has 156 valence electrons. The molecule has 0 aliphatic rings. The molecule has 0 unspecified atom stereocenters. The average Bonchev–Trinajstić information content (AvgIpc) is 3.18. The minimum Gasteiger partial charge on any atom is -0.349 e. The van der Waals surface area contributed by atoms with Crippen LogP contribution in [0.2, 0.25) is 5.02 Å². The highest BCUT2D eigenvalue weighted by atomic mass is 35.5. The van der Waals surface area contributed by atoms with E-state index in [2.05, 4.69) is 20.5 Å². The van der Waals surface area contributed by atoms with Crippen molar-refractivity contribution in [2.75, 3.05) is 0 Å².